The molecule has 18 heavy (non-hydrogen) atoms. The Bertz CT molecular complexity index is 407. The van der Waals surface area contributed by atoms with Crippen molar-refractivity contribution >= 4 is 11.6 Å². The zero-order valence-corrected chi connectivity index (χ0v) is 10.7. The quantitative estimate of drug-likeness (QED) is 0.521. The van der Waals surface area contributed by atoms with Crippen LogP contribution in [0.3, 0.4) is 0 Å². The normalized spacial score (nSPS) is 19.6. The van der Waals surface area contributed by atoms with Crippen LogP contribution in [0.2, 0.25) is 0 Å². The lowest BCUT2D eigenvalue weighted by Gasteiger charge is -2.23. The van der Waals surface area contributed by atoms with Gasteiger partial charge in [0, 0.05) is 12.1 Å². The number of aromatic nitrogens is 2. The second kappa shape index (κ2) is 5.94. The van der Waals surface area contributed by atoms with Crippen LogP contribution in [0.25, 0.3) is 0 Å². The highest BCUT2D eigenvalue weighted by Gasteiger charge is 2.15. The number of nitrogens with two attached hydrogens (primary N) is 1. The molecule has 0 radical (unpaired) electrons. The highest BCUT2D eigenvalue weighted by Crippen LogP contribution is 2.19. The van der Waals surface area contributed by atoms with Crippen molar-refractivity contribution < 1.29 is 9.47 Å². The molecule has 0 saturated carbocycles. The van der Waals surface area contributed by atoms with Gasteiger partial charge in [-0.25, -0.2) is 15.8 Å². The number of aryl methyl sites for hydroxylation is 1. The van der Waals surface area contributed by atoms with E-state index >= 15 is 0 Å². The number of rotatable bonds is 4. The van der Waals surface area contributed by atoms with E-state index in [2.05, 4.69) is 20.7 Å². The van der Waals surface area contributed by atoms with Crippen LogP contribution in [-0.4, -0.2) is 42.4 Å². The summed E-state index contributed by atoms with van der Waals surface area (Å²) in [5, 5.41) is 3.25. The standard InChI is InChI=1S/C11H19N5O2/c1-7-10(14-8(2)15-11(7)16-12)13-5-9-6-17-3-4-18-9/h9H,3-6,12H2,1-2H3,(H2,13,14,15,16). The number of hydrogen-bond donors (Lipinski definition) is 3. The van der Waals surface area contributed by atoms with E-state index in [1.54, 1.807) is 0 Å². The summed E-state index contributed by atoms with van der Waals surface area (Å²) in [7, 11) is 0. The maximum atomic E-state index is 5.56. The SMILES string of the molecule is Cc1nc(NN)c(C)c(NCC2COCCO2)n1. The lowest BCUT2D eigenvalue weighted by Crippen LogP contribution is -2.34. The molecule has 7 nitrogen and oxygen atoms in total. The monoisotopic (exact) mass is 253 g/mol. The van der Waals surface area contributed by atoms with Crippen molar-refractivity contribution in [2.24, 2.45) is 5.84 Å². The van der Waals surface area contributed by atoms with E-state index in [0.717, 1.165) is 11.4 Å². The van der Waals surface area contributed by atoms with Gasteiger partial charge in [0.05, 0.1) is 25.9 Å². The van der Waals surface area contributed by atoms with E-state index in [0.29, 0.717) is 38.0 Å². The molecule has 1 saturated heterocycles. The molecule has 1 aromatic heterocycles. The molecule has 100 valence electrons. The number of hydrogen-bond acceptors (Lipinski definition) is 7. The van der Waals surface area contributed by atoms with Gasteiger partial charge in [-0.15, -0.1) is 0 Å². The Labute approximate surface area is 106 Å². The molecule has 0 bridgehead atoms. The number of hydrazine groups is 1. The minimum Gasteiger partial charge on any atom is -0.376 e. The van der Waals surface area contributed by atoms with Gasteiger partial charge in [-0.3, -0.25) is 0 Å². The van der Waals surface area contributed by atoms with Crippen molar-refractivity contribution in [2.45, 2.75) is 20.0 Å². The lowest BCUT2D eigenvalue weighted by atomic mass is 10.3. The van der Waals surface area contributed by atoms with Gasteiger partial charge in [0.2, 0.25) is 0 Å². The van der Waals surface area contributed by atoms with Gasteiger partial charge in [0.25, 0.3) is 0 Å². The highest BCUT2D eigenvalue weighted by atomic mass is 16.6. The summed E-state index contributed by atoms with van der Waals surface area (Å²) < 4.78 is 10.9. The van der Waals surface area contributed by atoms with E-state index in [9.17, 15) is 0 Å². The first-order valence-electron chi connectivity index (χ1n) is 5.95. The fourth-order valence-electron chi connectivity index (χ4n) is 1.81. The van der Waals surface area contributed by atoms with Crippen LogP contribution < -0.4 is 16.6 Å². The number of nitrogens with one attached hydrogen (secondary N) is 2. The summed E-state index contributed by atoms with van der Waals surface area (Å²) in [6, 6.07) is 0. The Kier molecular flexibility index (Phi) is 4.29. The fourth-order valence-corrected chi connectivity index (χ4v) is 1.81. The average molecular weight is 253 g/mol. The third-order valence-electron chi connectivity index (χ3n) is 2.78. The molecule has 0 aromatic carbocycles. The number of ether oxygens (including phenoxy) is 2. The molecular formula is C11H19N5O2. The van der Waals surface area contributed by atoms with Crippen LogP contribution in [-0.2, 0) is 9.47 Å². The first-order chi connectivity index (χ1) is 8.70. The van der Waals surface area contributed by atoms with Crippen LogP contribution in [0.5, 0.6) is 0 Å². The summed E-state index contributed by atoms with van der Waals surface area (Å²) in [6.07, 6.45) is 0.0581. The summed E-state index contributed by atoms with van der Waals surface area (Å²) in [5.41, 5.74) is 3.46. The Hall–Kier alpha value is -1.44. The molecule has 4 N–H and O–H groups in total. The van der Waals surface area contributed by atoms with Gasteiger partial charge in [0.15, 0.2) is 0 Å². The summed E-state index contributed by atoms with van der Waals surface area (Å²) in [5.74, 6) is 7.48. The lowest BCUT2D eigenvalue weighted by molar-refractivity contribution is -0.0819. The second-order valence-electron chi connectivity index (χ2n) is 4.19. The van der Waals surface area contributed by atoms with Crippen LogP contribution >= 0.6 is 0 Å². The van der Waals surface area contributed by atoms with Crippen LogP contribution in [0.4, 0.5) is 11.6 Å². The van der Waals surface area contributed by atoms with Crippen molar-refractivity contribution in [3.63, 3.8) is 0 Å². The largest absolute Gasteiger partial charge is 0.376 e. The molecule has 1 unspecified atom stereocenters. The van der Waals surface area contributed by atoms with E-state index in [1.807, 2.05) is 13.8 Å². The molecule has 1 aliphatic rings. The van der Waals surface area contributed by atoms with E-state index in [-0.39, 0.29) is 6.10 Å². The molecule has 0 aliphatic carbocycles. The summed E-state index contributed by atoms with van der Waals surface area (Å²) >= 11 is 0. The molecule has 1 fully saturated rings. The molecule has 1 aromatic rings. The first-order valence-corrected chi connectivity index (χ1v) is 5.95. The second-order valence-corrected chi connectivity index (χ2v) is 4.19. The molecule has 2 heterocycles. The Morgan fingerprint density at radius 1 is 1.28 bits per heavy atom. The fraction of sp³-hybridized carbons (Fsp3) is 0.636. The van der Waals surface area contributed by atoms with Crippen molar-refractivity contribution in [1.82, 2.24) is 9.97 Å². The molecule has 0 amide bonds. The van der Waals surface area contributed by atoms with Gasteiger partial charge in [-0.2, -0.15) is 0 Å². The Balaban J connectivity index is 2.01. The zero-order chi connectivity index (χ0) is 13.0. The maximum Gasteiger partial charge on any atom is 0.148 e. The highest BCUT2D eigenvalue weighted by molar-refractivity contribution is 5.56. The van der Waals surface area contributed by atoms with Gasteiger partial charge in [0.1, 0.15) is 17.5 Å². The Morgan fingerprint density at radius 3 is 2.72 bits per heavy atom. The zero-order valence-electron chi connectivity index (χ0n) is 10.7. The molecule has 2 rings (SSSR count). The van der Waals surface area contributed by atoms with E-state index in [4.69, 9.17) is 15.3 Å². The first kappa shape index (κ1) is 13.0. The number of nitrogens with zero attached hydrogens (tertiary/aromatic N) is 2. The predicted octanol–water partition coefficient (Wildman–Crippen LogP) is 0.206. The van der Waals surface area contributed by atoms with Gasteiger partial charge in [-0.05, 0) is 13.8 Å². The average Bonchev–Trinajstić information content (AvgIpc) is 2.40. The molecule has 1 atom stereocenters. The number of anilines is 2. The topological polar surface area (TPSA) is 94.3 Å². The van der Waals surface area contributed by atoms with Crippen molar-refractivity contribution in [3.8, 4) is 0 Å². The summed E-state index contributed by atoms with van der Waals surface area (Å²) in [6.45, 7) is 6.31. The van der Waals surface area contributed by atoms with E-state index < -0.39 is 0 Å². The predicted molar refractivity (Wildman–Crippen MR) is 68.4 cm³/mol. The molecular weight excluding hydrogens is 234 g/mol. The van der Waals surface area contributed by atoms with Gasteiger partial charge in [-0.1, -0.05) is 0 Å². The van der Waals surface area contributed by atoms with Crippen molar-refractivity contribution in [2.75, 3.05) is 37.1 Å². The van der Waals surface area contributed by atoms with E-state index in [1.165, 1.54) is 0 Å². The smallest absolute Gasteiger partial charge is 0.148 e. The Morgan fingerprint density at radius 2 is 2.06 bits per heavy atom. The molecule has 7 heteroatoms. The van der Waals surface area contributed by atoms with Crippen LogP contribution in [0, 0.1) is 13.8 Å². The summed E-state index contributed by atoms with van der Waals surface area (Å²) in [4.78, 5) is 8.56. The third kappa shape index (κ3) is 3.06. The molecule has 0 spiro atoms. The molecule has 1 aliphatic heterocycles. The van der Waals surface area contributed by atoms with Gasteiger partial charge >= 0.3 is 0 Å². The minimum atomic E-state index is 0.0581. The van der Waals surface area contributed by atoms with Gasteiger partial charge < -0.3 is 20.2 Å². The van der Waals surface area contributed by atoms with Crippen LogP contribution in [0.15, 0.2) is 0 Å². The van der Waals surface area contributed by atoms with Crippen LogP contribution in [0.1, 0.15) is 11.4 Å². The number of nitrogen functional groups attached to an aromatic ring is 1. The van der Waals surface area contributed by atoms with Crippen molar-refractivity contribution in [1.29, 1.82) is 0 Å². The third-order valence-corrected chi connectivity index (χ3v) is 2.78. The minimum absolute atomic E-state index is 0.0581. The van der Waals surface area contributed by atoms with Crippen molar-refractivity contribution in [3.05, 3.63) is 11.4 Å². The maximum absolute atomic E-state index is 5.56.